The van der Waals surface area contributed by atoms with E-state index >= 15 is 0 Å². The standard InChI is InChI=1S/C3H4B/c1-2-3-4/h2-3H,1H2. The zero-order valence-electron chi connectivity index (χ0n) is 2.44. The van der Waals surface area contributed by atoms with Gasteiger partial charge in [0.15, 0.2) is 0 Å². The van der Waals surface area contributed by atoms with E-state index in [1.165, 1.54) is 12.0 Å². The SMILES string of the molecule is [B]=CC=C. The molecule has 0 bridgehead atoms. The van der Waals surface area contributed by atoms with E-state index in [-0.39, 0.29) is 0 Å². The first kappa shape index (κ1) is 3.67. The molecule has 0 unspecified atom stereocenters. The van der Waals surface area contributed by atoms with Gasteiger partial charge in [0.1, 0.15) is 0 Å². The molecule has 1 heteroatoms. The molecule has 19 valence electrons. The zero-order chi connectivity index (χ0) is 3.41. The molecule has 0 aromatic rings. The fourth-order valence-corrected chi connectivity index (χ4v) is 0. The minimum atomic E-state index is 1.39. The first-order valence-electron chi connectivity index (χ1n) is 1.07. The first-order chi connectivity index (χ1) is 1.91. The third-order valence-corrected chi connectivity index (χ3v) is 0.136. The van der Waals surface area contributed by atoms with Gasteiger partial charge in [0, 0.05) is 0 Å². The van der Waals surface area contributed by atoms with Crippen molar-refractivity contribution >= 4 is 13.5 Å². The predicted octanol–water partition coefficient (Wildman–Crippen LogP) is 0.143. The molecule has 0 aromatic heterocycles. The number of rotatable bonds is 1. The van der Waals surface area contributed by atoms with Crippen molar-refractivity contribution in [2.75, 3.05) is 0 Å². The number of allylic oxidation sites excluding steroid dienone is 1. The van der Waals surface area contributed by atoms with Crippen molar-refractivity contribution < 1.29 is 0 Å². The minimum absolute atomic E-state index is 1.39. The van der Waals surface area contributed by atoms with Crippen LogP contribution in [-0.4, -0.2) is 13.5 Å². The Bertz CT molecular complexity index is 24.3. The van der Waals surface area contributed by atoms with Crippen LogP contribution >= 0.6 is 0 Å². The summed E-state index contributed by atoms with van der Waals surface area (Å²) < 4.78 is 0. The van der Waals surface area contributed by atoms with Gasteiger partial charge in [-0.1, -0.05) is 0 Å². The average molecular weight is 50.9 g/mol. The maximum atomic E-state index is 4.78. The Morgan fingerprint density at radius 1 is 1.75 bits per heavy atom. The zero-order valence-corrected chi connectivity index (χ0v) is 2.44. The van der Waals surface area contributed by atoms with E-state index in [1.807, 2.05) is 0 Å². The predicted molar refractivity (Wildman–Crippen MR) is 22.0 cm³/mol. The Labute approximate surface area is 27.2 Å². The molecular formula is C3H4B. The summed E-state index contributed by atoms with van der Waals surface area (Å²) in [6.07, 6.45) is 1.53. The third-order valence-electron chi connectivity index (χ3n) is 0.136. The molecule has 4 heavy (non-hydrogen) atoms. The molecule has 0 fully saturated rings. The molecule has 0 rings (SSSR count). The van der Waals surface area contributed by atoms with Crippen LogP contribution in [0.1, 0.15) is 0 Å². The Balaban J connectivity index is 2.73. The van der Waals surface area contributed by atoms with E-state index in [0.717, 1.165) is 0 Å². The van der Waals surface area contributed by atoms with Crippen LogP contribution in [0.15, 0.2) is 12.7 Å². The topological polar surface area (TPSA) is 0 Å². The molecule has 0 N–H and O–H groups in total. The summed E-state index contributed by atoms with van der Waals surface area (Å²) in [5.41, 5.74) is 0. The number of hydrogen-bond acceptors (Lipinski definition) is 0. The fourth-order valence-electron chi connectivity index (χ4n) is 0. The van der Waals surface area contributed by atoms with Crippen LogP contribution in [0.2, 0.25) is 0 Å². The van der Waals surface area contributed by atoms with Gasteiger partial charge in [-0.25, -0.2) is 0 Å². The van der Waals surface area contributed by atoms with Crippen LogP contribution in [-0.2, 0) is 0 Å². The summed E-state index contributed by atoms with van der Waals surface area (Å²) in [5, 5.41) is 0. The van der Waals surface area contributed by atoms with Crippen molar-refractivity contribution in [1.29, 1.82) is 0 Å². The van der Waals surface area contributed by atoms with Crippen molar-refractivity contribution in [2.24, 2.45) is 0 Å². The second-order valence-corrected chi connectivity index (χ2v) is 0.428. The molecule has 0 spiro atoms. The summed E-state index contributed by atoms with van der Waals surface area (Å²) in [4.78, 5) is 0. The Morgan fingerprint density at radius 3 is 2.00 bits per heavy atom. The molecule has 0 atom stereocenters. The van der Waals surface area contributed by atoms with Gasteiger partial charge in [0.05, 0.1) is 0 Å². The van der Waals surface area contributed by atoms with E-state index in [2.05, 4.69) is 6.58 Å². The van der Waals surface area contributed by atoms with Crippen LogP contribution in [0.5, 0.6) is 0 Å². The van der Waals surface area contributed by atoms with E-state index < -0.39 is 0 Å². The average Bonchev–Trinajstić information content (AvgIpc) is 1.37. The van der Waals surface area contributed by atoms with Gasteiger partial charge in [0.2, 0.25) is 0 Å². The van der Waals surface area contributed by atoms with Crippen molar-refractivity contribution in [1.82, 2.24) is 0 Å². The number of hydrogen-bond donors (Lipinski definition) is 0. The van der Waals surface area contributed by atoms with Crippen molar-refractivity contribution in [2.45, 2.75) is 0 Å². The van der Waals surface area contributed by atoms with E-state index in [9.17, 15) is 0 Å². The summed E-state index contributed by atoms with van der Waals surface area (Å²) in [6, 6.07) is 0. The molecule has 0 saturated heterocycles. The molecule has 0 saturated carbocycles. The fraction of sp³-hybridized carbons (Fsp3) is 0. The van der Waals surface area contributed by atoms with Gasteiger partial charge in [-0.3, -0.25) is 0 Å². The van der Waals surface area contributed by atoms with Gasteiger partial charge in [-0.15, -0.1) is 0 Å². The van der Waals surface area contributed by atoms with Crippen LogP contribution in [0.25, 0.3) is 0 Å². The third kappa shape index (κ3) is 1.67. The van der Waals surface area contributed by atoms with Crippen LogP contribution in [0.4, 0.5) is 0 Å². The van der Waals surface area contributed by atoms with Gasteiger partial charge in [-0.05, 0) is 0 Å². The molecule has 0 heterocycles. The Hall–Kier alpha value is -0.325. The van der Waals surface area contributed by atoms with Gasteiger partial charge >= 0.3 is 26.1 Å². The van der Waals surface area contributed by atoms with Gasteiger partial charge < -0.3 is 0 Å². The molecule has 1 radical (unpaired) electrons. The Morgan fingerprint density at radius 2 is 2.00 bits per heavy atom. The van der Waals surface area contributed by atoms with Crippen LogP contribution in [0.3, 0.4) is 0 Å². The first-order valence-corrected chi connectivity index (χ1v) is 1.07. The van der Waals surface area contributed by atoms with E-state index in [0.29, 0.717) is 0 Å². The van der Waals surface area contributed by atoms with E-state index in [4.69, 9.17) is 7.49 Å². The van der Waals surface area contributed by atoms with Crippen molar-refractivity contribution in [3.63, 3.8) is 0 Å². The second-order valence-electron chi connectivity index (χ2n) is 0.428. The molecule has 0 amide bonds. The Kier molecular flexibility index (Phi) is 2.46. The summed E-state index contributed by atoms with van der Waals surface area (Å²) in [6.45, 7) is 3.30. The molecule has 0 aliphatic carbocycles. The van der Waals surface area contributed by atoms with Crippen LogP contribution in [0, 0.1) is 0 Å². The monoisotopic (exact) mass is 51.0 g/mol. The summed E-state index contributed by atoms with van der Waals surface area (Å²) in [7, 11) is 4.78. The van der Waals surface area contributed by atoms with Crippen LogP contribution < -0.4 is 0 Å². The molecule has 0 aliphatic heterocycles. The summed E-state index contributed by atoms with van der Waals surface area (Å²) >= 11 is 0. The molecule has 0 nitrogen and oxygen atoms in total. The van der Waals surface area contributed by atoms with Crippen molar-refractivity contribution in [3.8, 4) is 0 Å². The second kappa shape index (κ2) is 2.67. The molecular weight excluding hydrogens is 46.8 g/mol. The quantitative estimate of drug-likeness (QED) is 0.371. The molecule has 0 aliphatic rings. The van der Waals surface area contributed by atoms with Gasteiger partial charge in [-0.2, -0.15) is 0 Å². The normalized spacial score (nSPS) is 4.75. The maximum absolute atomic E-state index is 4.78. The molecule has 0 aromatic carbocycles. The van der Waals surface area contributed by atoms with E-state index in [1.54, 1.807) is 0 Å². The van der Waals surface area contributed by atoms with Gasteiger partial charge in [0.25, 0.3) is 0 Å². The summed E-state index contributed by atoms with van der Waals surface area (Å²) in [5.74, 6) is 1.39. The van der Waals surface area contributed by atoms with Crippen molar-refractivity contribution in [3.05, 3.63) is 12.7 Å².